The molecule has 0 heterocycles. The van der Waals surface area contributed by atoms with Gasteiger partial charge < -0.3 is 10.1 Å². The number of ether oxygens (including phenoxy) is 1. The summed E-state index contributed by atoms with van der Waals surface area (Å²) < 4.78 is 5.47. The van der Waals surface area contributed by atoms with E-state index in [1.165, 1.54) is 0 Å². The molecule has 2 rings (SSSR count). The number of benzene rings is 2. The maximum absolute atomic E-state index is 12.1. The predicted molar refractivity (Wildman–Crippen MR) is 81.6 cm³/mol. The van der Waals surface area contributed by atoms with Crippen molar-refractivity contribution in [3.05, 3.63) is 59.1 Å². The summed E-state index contributed by atoms with van der Waals surface area (Å²) >= 11 is 5.88. The lowest BCUT2D eigenvalue weighted by atomic mass is 10.2. The molecule has 0 saturated carbocycles. The van der Waals surface area contributed by atoms with Gasteiger partial charge in [-0.15, -0.1) is 0 Å². The van der Waals surface area contributed by atoms with Gasteiger partial charge >= 0.3 is 0 Å². The van der Waals surface area contributed by atoms with Crippen LogP contribution in [-0.4, -0.2) is 12.5 Å². The summed E-state index contributed by atoms with van der Waals surface area (Å²) in [7, 11) is 0. The van der Waals surface area contributed by atoms with E-state index in [4.69, 9.17) is 16.3 Å². The topological polar surface area (TPSA) is 38.3 Å². The second kappa shape index (κ2) is 6.96. The number of rotatable bonds is 5. The second-order valence-electron chi connectivity index (χ2n) is 4.34. The summed E-state index contributed by atoms with van der Waals surface area (Å²) in [4.78, 5) is 12.1. The van der Waals surface area contributed by atoms with E-state index in [0.29, 0.717) is 22.9 Å². The number of anilines is 1. The van der Waals surface area contributed by atoms with Crippen molar-refractivity contribution in [2.75, 3.05) is 11.9 Å². The zero-order valence-corrected chi connectivity index (χ0v) is 12.0. The highest BCUT2D eigenvalue weighted by molar-refractivity contribution is 6.30. The first-order chi connectivity index (χ1) is 9.69. The fraction of sp³-hybridized carbons (Fsp3) is 0.188. The number of nitrogens with one attached hydrogen (secondary N) is 1. The van der Waals surface area contributed by atoms with Crippen LogP contribution in [0.1, 0.15) is 23.7 Å². The SMILES string of the molecule is CCCOc1ccc(C(=O)Nc2cccc(Cl)c2)cc1. The molecule has 20 heavy (non-hydrogen) atoms. The molecule has 0 unspecified atom stereocenters. The molecule has 2 aromatic carbocycles. The Morgan fingerprint density at radius 3 is 2.60 bits per heavy atom. The van der Waals surface area contributed by atoms with Crippen molar-refractivity contribution in [2.45, 2.75) is 13.3 Å². The average Bonchev–Trinajstić information content (AvgIpc) is 2.45. The van der Waals surface area contributed by atoms with Crippen molar-refractivity contribution in [3.8, 4) is 5.75 Å². The summed E-state index contributed by atoms with van der Waals surface area (Å²) in [5.41, 5.74) is 1.25. The van der Waals surface area contributed by atoms with Crippen molar-refractivity contribution in [3.63, 3.8) is 0 Å². The Morgan fingerprint density at radius 2 is 1.95 bits per heavy atom. The van der Waals surface area contributed by atoms with Gasteiger partial charge in [0.05, 0.1) is 6.61 Å². The number of hydrogen-bond acceptors (Lipinski definition) is 2. The molecule has 0 fully saturated rings. The summed E-state index contributed by atoms with van der Waals surface area (Å²) in [6.45, 7) is 2.72. The van der Waals surface area contributed by atoms with Gasteiger partial charge in [0.1, 0.15) is 5.75 Å². The van der Waals surface area contributed by atoms with Gasteiger partial charge in [0.15, 0.2) is 0 Å². The van der Waals surface area contributed by atoms with Crippen LogP contribution in [-0.2, 0) is 0 Å². The molecule has 0 saturated heterocycles. The molecule has 1 N–H and O–H groups in total. The normalized spacial score (nSPS) is 10.1. The maximum atomic E-state index is 12.1. The van der Waals surface area contributed by atoms with Crippen LogP contribution in [0.4, 0.5) is 5.69 Å². The molecule has 0 atom stereocenters. The number of carbonyl (C=O) groups is 1. The first kappa shape index (κ1) is 14.4. The Morgan fingerprint density at radius 1 is 1.20 bits per heavy atom. The van der Waals surface area contributed by atoms with Crippen LogP contribution >= 0.6 is 11.6 Å². The molecular weight excluding hydrogens is 274 g/mol. The van der Waals surface area contributed by atoms with Crippen LogP contribution in [0.3, 0.4) is 0 Å². The predicted octanol–water partition coefficient (Wildman–Crippen LogP) is 4.38. The molecule has 0 aromatic heterocycles. The van der Waals surface area contributed by atoms with Gasteiger partial charge in [-0.3, -0.25) is 4.79 Å². The Labute approximate surface area is 123 Å². The Hall–Kier alpha value is -2.00. The summed E-state index contributed by atoms with van der Waals surface area (Å²) in [6, 6.07) is 14.1. The van der Waals surface area contributed by atoms with Crippen molar-refractivity contribution >= 4 is 23.2 Å². The van der Waals surface area contributed by atoms with Gasteiger partial charge in [0, 0.05) is 16.3 Å². The van der Waals surface area contributed by atoms with E-state index in [1.54, 1.807) is 48.5 Å². The molecule has 104 valence electrons. The van der Waals surface area contributed by atoms with Crippen molar-refractivity contribution in [2.24, 2.45) is 0 Å². The Balaban J connectivity index is 2.02. The van der Waals surface area contributed by atoms with Crippen LogP contribution < -0.4 is 10.1 Å². The largest absolute Gasteiger partial charge is 0.494 e. The minimum absolute atomic E-state index is 0.172. The van der Waals surface area contributed by atoms with E-state index in [0.717, 1.165) is 12.2 Å². The lowest BCUT2D eigenvalue weighted by Gasteiger charge is -2.07. The first-order valence-electron chi connectivity index (χ1n) is 6.49. The Bertz CT molecular complexity index is 581. The van der Waals surface area contributed by atoms with Crippen molar-refractivity contribution in [1.29, 1.82) is 0 Å². The molecule has 0 spiro atoms. The van der Waals surface area contributed by atoms with Crippen LogP contribution in [0.25, 0.3) is 0 Å². The first-order valence-corrected chi connectivity index (χ1v) is 6.86. The molecule has 3 nitrogen and oxygen atoms in total. The summed E-state index contributed by atoms with van der Waals surface area (Å²) in [6.07, 6.45) is 0.955. The molecule has 0 radical (unpaired) electrons. The minimum atomic E-state index is -0.172. The number of carbonyl (C=O) groups excluding carboxylic acids is 1. The third-order valence-electron chi connectivity index (χ3n) is 2.67. The monoisotopic (exact) mass is 289 g/mol. The highest BCUT2D eigenvalue weighted by atomic mass is 35.5. The molecule has 0 aliphatic rings. The lowest BCUT2D eigenvalue weighted by molar-refractivity contribution is 0.102. The molecule has 0 aliphatic carbocycles. The molecule has 1 amide bonds. The molecule has 2 aromatic rings. The van der Waals surface area contributed by atoms with Crippen molar-refractivity contribution < 1.29 is 9.53 Å². The second-order valence-corrected chi connectivity index (χ2v) is 4.77. The summed E-state index contributed by atoms with van der Waals surface area (Å²) in [5.74, 6) is 0.598. The highest BCUT2D eigenvalue weighted by Crippen LogP contribution is 2.17. The third-order valence-corrected chi connectivity index (χ3v) is 2.91. The van der Waals surface area contributed by atoms with Gasteiger partial charge in [-0.1, -0.05) is 24.6 Å². The van der Waals surface area contributed by atoms with E-state index in [2.05, 4.69) is 5.32 Å². The van der Waals surface area contributed by atoms with E-state index < -0.39 is 0 Å². The third kappa shape index (κ3) is 4.00. The minimum Gasteiger partial charge on any atom is -0.494 e. The standard InChI is InChI=1S/C16H16ClNO2/c1-2-10-20-15-8-6-12(7-9-15)16(19)18-14-5-3-4-13(17)11-14/h3-9,11H,2,10H2,1H3,(H,18,19). The van der Waals surface area contributed by atoms with Crippen LogP contribution in [0.15, 0.2) is 48.5 Å². The van der Waals surface area contributed by atoms with E-state index >= 15 is 0 Å². The zero-order chi connectivity index (χ0) is 14.4. The average molecular weight is 290 g/mol. The number of amides is 1. The van der Waals surface area contributed by atoms with Crippen molar-refractivity contribution in [1.82, 2.24) is 0 Å². The fourth-order valence-corrected chi connectivity index (χ4v) is 1.88. The van der Waals surface area contributed by atoms with E-state index in [-0.39, 0.29) is 5.91 Å². The quantitative estimate of drug-likeness (QED) is 0.887. The molecule has 0 aliphatic heterocycles. The van der Waals surface area contributed by atoms with Gasteiger partial charge in [-0.25, -0.2) is 0 Å². The van der Waals surface area contributed by atoms with E-state index in [9.17, 15) is 4.79 Å². The molecular formula is C16H16ClNO2. The van der Waals surface area contributed by atoms with Crippen LogP contribution in [0.5, 0.6) is 5.75 Å². The van der Waals surface area contributed by atoms with Gasteiger partial charge in [0.25, 0.3) is 5.91 Å². The smallest absolute Gasteiger partial charge is 0.255 e. The van der Waals surface area contributed by atoms with Gasteiger partial charge in [-0.2, -0.15) is 0 Å². The van der Waals surface area contributed by atoms with E-state index in [1.807, 2.05) is 6.92 Å². The lowest BCUT2D eigenvalue weighted by Crippen LogP contribution is -2.11. The van der Waals surface area contributed by atoms with Crippen LogP contribution in [0.2, 0.25) is 5.02 Å². The highest BCUT2D eigenvalue weighted by Gasteiger charge is 2.06. The van der Waals surface area contributed by atoms with Gasteiger partial charge in [-0.05, 0) is 48.9 Å². The number of hydrogen-bond donors (Lipinski definition) is 1. The summed E-state index contributed by atoms with van der Waals surface area (Å²) in [5, 5.41) is 3.39. The number of halogens is 1. The Kier molecular flexibility index (Phi) is 5.02. The maximum Gasteiger partial charge on any atom is 0.255 e. The van der Waals surface area contributed by atoms with Crippen LogP contribution in [0, 0.1) is 0 Å². The molecule has 0 bridgehead atoms. The van der Waals surface area contributed by atoms with Gasteiger partial charge in [0.2, 0.25) is 0 Å². The zero-order valence-electron chi connectivity index (χ0n) is 11.2. The fourth-order valence-electron chi connectivity index (χ4n) is 1.69. The molecule has 4 heteroatoms.